The van der Waals surface area contributed by atoms with Crippen molar-refractivity contribution in [1.29, 1.82) is 0 Å². The fourth-order valence-corrected chi connectivity index (χ4v) is 3.60. The first kappa shape index (κ1) is 24.6. The molecule has 0 aliphatic heterocycles. The quantitative estimate of drug-likeness (QED) is 0.316. The van der Waals surface area contributed by atoms with Gasteiger partial charge in [0.25, 0.3) is 11.8 Å². The molecule has 0 saturated carbocycles. The molecule has 0 aliphatic rings. The SMILES string of the molecule is CCOc1ccc(C(=O)NNC(=O)c2ccc(NC(=O)CSc3nccn3C)cc2)cc1OC. The number of aryl methyl sites for hydroxylation is 1. The maximum Gasteiger partial charge on any atom is 0.269 e. The molecule has 0 atom stereocenters. The van der Waals surface area contributed by atoms with Crippen molar-refractivity contribution in [1.82, 2.24) is 20.4 Å². The summed E-state index contributed by atoms with van der Waals surface area (Å²) in [4.78, 5) is 41.1. The van der Waals surface area contributed by atoms with Crippen LogP contribution in [0.15, 0.2) is 60.0 Å². The third kappa shape index (κ3) is 6.51. The van der Waals surface area contributed by atoms with E-state index < -0.39 is 11.8 Å². The second kappa shape index (κ2) is 11.8. The maximum absolute atomic E-state index is 12.4. The Hall–Kier alpha value is -3.99. The van der Waals surface area contributed by atoms with Crippen LogP contribution < -0.4 is 25.6 Å². The number of carbonyl (C=O) groups is 3. The summed E-state index contributed by atoms with van der Waals surface area (Å²) in [6, 6.07) is 11.0. The van der Waals surface area contributed by atoms with Gasteiger partial charge in [-0.2, -0.15) is 0 Å². The largest absolute Gasteiger partial charge is 0.493 e. The zero-order chi connectivity index (χ0) is 24.5. The van der Waals surface area contributed by atoms with Crippen LogP contribution in [-0.2, 0) is 11.8 Å². The number of nitrogens with one attached hydrogen (secondary N) is 3. The Morgan fingerprint density at radius 1 is 1.00 bits per heavy atom. The van der Waals surface area contributed by atoms with Gasteiger partial charge in [0, 0.05) is 36.3 Å². The van der Waals surface area contributed by atoms with Gasteiger partial charge in [0.05, 0.1) is 19.5 Å². The van der Waals surface area contributed by atoms with Gasteiger partial charge in [-0.15, -0.1) is 0 Å². The van der Waals surface area contributed by atoms with E-state index in [4.69, 9.17) is 9.47 Å². The number of benzene rings is 2. The molecule has 0 bridgehead atoms. The number of amides is 3. The lowest BCUT2D eigenvalue weighted by Gasteiger charge is -2.12. The molecule has 0 saturated heterocycles. The number of hydrogen-bond donors (Lipinski definition) is 3. The summed E-state index contributed by atoms with van der Waals surface area (Å²) >= 11 is 1.32. The average molecular weight is 484 g/mol. The van der Waals surface area contributed by atoms with E-state index in [1.807, 2.05) is 18.5 Å². The van der Waals surface area contributed by atoms with Crippen molar-refractivity contribution >= 4 is 35.2 Å². The molecule has 0 spiro atoms. The number of thioether (sulfide) groups is 1. The number of aromatic nitrogens is 2. The smallest absolute Gasteiger partial charge is 0.269 e. The highest BCUT2D eigenvalue weighted by Crippen LogP contribution is 2.28. The third-order valence-corrected chi connectivity index (χ3v) is 5.61. The van der Waals surface area contributed by atoms with Gasteiger partial charge >= 0.3 is 0 Å². The number of nitrogens with zero attached hydrogens (tertiary/aromatic N) is 2. The molecule has 10 nitrogen and oxygen atoms in total. The Morgan fingerprint density at radius 3 is 2.29 bits per heavy atom. The molecule has 1 heterocycles. The summed E-state index contributed by atoms with van der Waals surface area (Å²) in [5.74, 6) is -0.0681. The summed E-state index contributed by atoms with van der Waals surface area (Å²) in [5, 5.41) is 3.51. The van der Waals surface area contributed by atoms with E-state index in [2.05, 4.69) is 21.2 Å². The van der Waals surface area contributed by atoms with E-state index in [1.54, 1.807) is 48.8 Å². The monoisotopic (exact) mass is 483 g/mol. The standard InChI is InChI=1S/C23H25N5O5S/c1-4-33-18-10-7-16(13-19(18)32-3)22(31)27-26-21(30)15-5-8-17(9-6-15)25-20(29)14-34-23-24-11-12-28(23)2/h5-13H,4,14H2,1-3H3,(H,25,29)(H,26,30)(H,27,31). The van der Waals surface area contributed by atoms with Gasteiger partial charge in [-0.25, -0.2) is 4.98 Å². The van der Waals surface area contributed by atoms with Crippen LogP contribution >= 0.6 is 11.8 Å². The van der Waals surface area contributed by atoms with Crippen molar-refractivity contribution in [2.75, 3.05) is 24.8 Å². The first-order valence-corrected chi connectivity index (χ1v) is 11.3. The molecule has 0 aliphatic carbocycles. The zero-order valence-corrected chi connectivity index (χ0v) is 19.8. The summed E-state index contributed by atoms with van der Waals surface area (Å²) in [6.45, 7) is 2.31. The molecule has 0 radical (unpaired) electrons. The van der Waals surface area contributed by atoms with Crippen LogP contribution in [0.25, 0.3) is 0 Å². The molecule has 0 fully saturated rings. The van der Waals surface area contributed by atoms with Gasteiger partial charge in [-0.05, 0) is 49.4 Å². The van der Waals surface area contributed by atoms with E-state index in [9.17, 15) is 14.4 Å². The lowest BCUT2D eigenvalue weighted by atomic mass is 10.2. The van der Waals surface area contributed by atoms with Crippen molar-refractivity contribution in [2.24, 2.45) is 7.05 Å². The number of rotatable bonds is 9. The number of methoxy groups -OCH3 is 1. The minimum absolute atomic E-state index is 0.191. The summed E-state index contributed by atoms with van der Waals surface area (Å²) in [5.41, 5.74) is 5.88. The highest BCUT2D eigenvalue weighted by molar-refractivity contribution is 7.99. The molecule has 1 aromatic heterocycles. The molecular formula is C23H25N5O5S. The van der Waals surface area contributed by atoms with Crippen LogP contribution in [0, 0.1) is 0 Å². The molecule has 11 heteroatoms. The number of hydrogen-bond acceptors (Lipinski definition) is 7. The van der Waals surface area contributed by atoms with E-state index in [-0.39, 0.29) is 11.7 Å². The van der Waals surface area contributed by atoms with Crippen LogP contribution in [0.4, 0.5) is 5.69 Å². The number of hydrazine groups is 1. The number of ether oxygens (including phenoxy) is 2. The summed E-state index contributed by atoms with van der Waals surface area (Å²) in [7, 11) is 3.33. The van der Waals surface area contributed by atoms with Gasteiger partial charge in [-0.1, -0.05) is 11.8 Å². The highest BCUT2D eigenvalue weighted by atomic mass is 32.2. The van der Waals surface area contributed by atoms with Crippen molar-refractivity contribution in [2.45, 2.75) is 12.1 Å². The van der Waals surface area contributed by atoms with E-state index in [0.717, 1.165) is 5.16 Å². The van der Waals surface area contributed by atoms with E-state index in [0.29, 0.717) is 34.9 Å². The average Bonchev–Trinajstić information content (AvgIpc) is 3.26. The molecule has 3 N–H and O–H groups in total. The highest BCUT2D eigenvalue weighted by Gasteiger charge is 2.13. The van der Waals surface area contributed by atoms with Gasteiger partial charge in [0.1, 0.15) is 0 Å². The Morgan fingerprint density at radius 2 is 1.68 bits per heavy atom. The van der Waals surface area contributed by atoms with Gasteiger partial charge in [0.2, 0.25) is 5.91 Å². The molecule has 0 unspecified atom stereocenters. The summed E-state index contributed by atoms with van der Waals surface area (Å²) < 4.78 is 12.5. The predicted molar refractivity (Wildman–Crippen MR) is 128 cm³/mol. The fraction of sp³-hybridized carbons (Fsp3) is 0.217. The molecule has 3 rings (SSSR count). The van der Waals surface area contributed by atoms with Crippen LogP contribution in [0.5, 0.6) is 11.5 Å². The second-order valence-corrected chi connectivity index (χ2v) is 7.88. The molecule has 178 valence electrons. The van der Waals surface area contributed by atoms with E-state index in [1.165, 1.54) is 24.9 Å². The Kier molecular flexibility index (Phi) is 8.52. The number of anilines is 1. The molecular weight excluding hydrogens is 458 g/mol. The molecule has 34 heavy (non-hydrogen) atoms. The minimum atomic E-state index is -0.510. The molecule has 3 aromatic rings. The van der Waals surface area contributed by atoms with Crippen molar-refractivity contribution in [3.05, 3.63) is 66.0 Å². The lowest BCUT2D eigenvalue weighted by molar-refractivity contribution is -0.113. The Balaban J connectivity index is 1.50. The van der Waals surface area contributed by atoms with Gasteiger partial charge < -0.3 is 19.4 Å². The van der Waals surface area contributed by atoms with Crippen LogP contribution in [0.1, 0.15) is 27.6 Å². The lowest BCUT2D eigenvalue weighted by Crippen LogP contribution is -2.41. The topological polar surface area (TPSA) is 124 Å². The van der Waals surface area contributed by atoms with Gasteiger partial charge in [0.15, 0.2) is 16.7 Å². The number of imidazole rings is 1. The van der Waals surface area contributed by atoms with Crippen molar-refractivity contribution in [3.63, 3.8) is 0 Å². The van der Waals surface area contributed by atoms with Crippen LogP contribution in [0.2, 0.25) is 0 Å². The van der Waals surface area contributed by atoms with Crippen LogP contribution in [-0.4, -0.2) is 46.7 Å². The minimum Gasteiger partial charge on any atom is -0.493 e. The maximum atomic E-state index is 12.4. The van der Waals surface area contributed by atoms with Gasteiger partial charge in [-0.3, -0.25) is 25.2 Å². The van der Waals surface area contributed by atoms with Crippen molar-refractivity contribution in [3.8, 4) is 11.5 Å². The third-order valence-electron chi connectivity index (χ3n) is 4.56. The molecule has 3 amide bonds. The fourth-order valence-electron chi connectivity index (χ4n) is 2.86. The Bertz CT molecular complexity index is 1160. The molecule has 2 aromatic carbocycles. The normalized spacial score (nSPS) is 10.3. The van der Waals surface area contributed by atoms with E-state index >= 15 is 0 Å². The van der Waals surface area contributed by atoms with Crippen molar-refractivity contribution < 1.29 is 23.9 Å². The first-order valence-electron chi connectivity index (χ1n) is 10.3. The first-order chi connectivity index (χ1) is 16.4. The zero-order valence-electron chi connectivity index (χ0n) is 19.0. The predicted octanol–water partition coefficient (Wildman–Crippen LogP) is 2.63. The second-order valence-electron chi connectivity index (χ2n) is 6.94. The Labute approximate surface area is 201 Å². The number of carbonyl (C=O) groups excluding carboxylic acids is 3. The van der Waals surface area contributed by atoms with Crippen LogP contribution in [0.3, 0.4) is 0 Å². The summed E-state index contributed by atoms with van der Waals surface area (Å²) in [6.07, 6.45) is 3.48.